The average molecular weight is 1220 g/mol. The van der Waals surface area contributed by atoms with Crippen LogP contribution in [-0.2, 0) is 70.0 Å². The molecule has 0 radical (unpaired) electrons. The molecule has 0 fully saturated rings. The molecule has 0 atom stereocenters. The van der Waals surface area contributed by atoms with E-state index in [2.05, 4.69) is 0 Å². The maximum atomic E-state index is 16.3. The minimum absolute atomic E-state index is 0.00708. The lowest BCUT2D eigenvalue weighted by Gasteiger charge is -2.30. The molecular formula is C74H44O12S3. The van der Waals surface area contributed by atoms with Gasteiger partial charge in [0.25, 0.3) is 0 Å². The highest BCUT2D eigenvalue weighted by molar-refractivity contribution is 7.39. The van der Waals surface area contributed by atoms with Gasteiger partial charge in [-0.3, -0.25) is 38.4 Å². The van der Waals surface area contributed by atoms with Gasteiger partial charge < -0.3 is 18.9 Å². The van der Waals surface area contributed by atoms with Crippen molar-refractivity contribution < 1.29 is 57.3 Å². The highest BCUT2D eigenvalue weighted by atomic mass is 32.1. The molecule has 0 N–H and O–H groups in total. The summed E-state index contributed by atoms with van der Waals surface area (Å²) in [4.78, 5) is 124. The monoisotopic (exact) mass is 1220 g/mol. The second kappa shape index (κ2) is 21.7. The van der Waals surface area contributed by atoms with E-state index >= 15 is 19.2 Å². The molecule has 4 aliphatic carbocycles. The number of carbonyl (C=O) groups excluding carboxylic acids is 8. The van der Waals surface area contributed by atoms with Crippen LogP contribution in [0, 0.1) is 5.41 Å². The molecule has 89 heavy (non-hydrogen) atoms. The highest BCUT2D eigenvalue weighted by Crippen LogP contribution is 2.67. The van der Waals surface area contributed by atoms with E-state index in [4.69, 9.17) is 18.9 Å². The molecule has 0 saturated carbocycles. The van der Waals surface area contributed by atoms with E-state index in [1.165, 1.54) is 34.8 Å². The number of benzene rings is 8. The number of ether oxygens (including phenoxy) is 4. The summed E-state index contributed by atoms with van der Waals surface area (Å²) >= 11 is 3.60. The Balaban J connectivity index is 0.973. The minimum atomic E-state index is -2.79. The quantitative estimate of drug-likeness (QED) is 0.0332. The van der Waals surface area contributed by atoms with Gasteiger partial charge in [0.05, 0.1) is 25.2 Å². The molecule has 8 aromatic carbocycles. The summed E-state index contributed by atoms with van der Waals surface area (Å²) in [5.41, 5.74) is -3.36. The van der Waals surface area contributed by atoms with E-state index in [1.54, 1.807) is 152 Å². The molecule has 15 heteroatoms. The van der Waals surface area contributed by atoms with Crippen LogP contribution >= 0.6 is 34.0 Å². The van der Waals surface area contributed by atoms with Gasteiger partial charge >= 0.3 is 23.9 Å². The summed E-state index contributed by atoms with van der Waals surface area (Å²) in [6.45, 7) is -1.39. The van der Waals surface area contributed by atoms with Crippen LogP contribution < -0.4 is 0 Å². The fraction of sp³-hybridized carbons (Fsp3) is 0.0811. The van der Waals surface area contributed by atoms with Crippen LogP contribution in [0.15, 0.2) is 235 Å². The first-order valence-corrected chi connectivity index (χ1v) is 30.9. The largest absolute Gasteiger partial charge is 0.459 e. The molecule has 430 valence electrons. The predicted molar refractivity (Wildman–Crippen MR) is 340 cm³/mol. The second-order valence-electron chi connectivity index (χ2n) is 22.0. The van der Waals surface area contributed by atoms with Gasteiger partial charge in [0, 0.05) is 47.8 Å². The van der Waals surface area contributed by atoms with E-state index in [9.17, 15) is 19.2 Å². The fourth-order valence-corrected chi connectivity index (χ4v) is 16.9. The molecule has 0 bridgehead atoms. The zero-order valence-electron chi connectivity index (χ0n) is 46.7. The van der Waals surface area contributed by atoms with Crippen molar-refractivity contribution in [1.82, 2.24) is 0 Å². The lowest BCUT2D eigenvalue weighted by Crippen LogP contribution is -2.46. The third-order valence-electron chi connectivity index (χ3n) is 16.8. The number of fused-ring (bicyclic) bond motifs is 10. The van der Waals surface area contributed by atoms with E-state index in [1.807, 2.05) is 54.6 Å². The Bertz CT molecular complexity index is 4840. The number of rotatable bonds is 14. The van der Waals surface area contributed by atoms with Gasteiger partial charge in [0.15, 0.2) is 23.1 Å². The molecule has 15 rings (SSSR count). The summed E-state index contributed by atoms with van der Waals surface area (Å²) in [6.07, 6.45) is 4.12. The summed E-state index contributed by atoms with van der Waals surface area (Å²) in [6, 6.07) is 58.6. The standard InChI is InChI=1S/C74H44O12S3/c75-61-51-29-45-25-13-14-26-46(45)30-52(51)62(76)55(61)33-49-34-57-59(73(49,69(79)83-37-41-17-5-1-6-18-41)70(80)84-38-42-19-7-2-8-20-42)66-60(74(57,71(81)85-39-43-21-9-3-10-22-43)72(82)86-40-44-23-11-4-12-24-44)67-68(89-66)65-58(88-67)36-50(87-65)35-56-63(77)53-31-47-27-15-16-28-48(47)32-54(53)64(56)78/h1-36H,37-40H2. The molecule has 3 heterocycles. The molecular weight excluding hydrogens is 1180 g/mol. The molecule has 0 spiro atoms. The van der Waals surface area contributed by atoms with E-state index < -0.39 is 63.4 Å². The van der Waals surface area contributed by atoms with Gasteiger partial charge in [-0.2, -0.15) is 0 Å². The SMILES string of the molecule is O=C1C(=CC2=CC3=C(c4sc5c(sc6cc(C=C7C(=O)c8cc9ccccc9cc8C7=O)sc65)c4C3(C(=O)OCc3ccccc3)C(=O)OCc3ccccc3)C2(C(=O)OCc2ccccc2)C(=O)OCc2ccccc2)C(=O)c2cc3ccccc3cc21. The highest BCUT2D eigenvalue weighted by Gasteiger charge is 2.70. The van der Waals surface area contributed by atoms with Crippen LogP contribution in [0.3, 0.4) is 0 Å². The maximum Gasteiger partial charge on any atom is 0.333 e. The second-order valence-corrected chi connectivity index (χ2v) is 25.1. The number of Topliss-reactive ketones (excluding diaryl/α,β-unsaturated/α-hetero) is 4. The molecule has 3 aromatic heterocycles. The summed E-state index contributed by atoms with van der Waals surface area (Å²) < 4.78 is 27.6. The van der Waals surface area contributed by atoms with E-state index in [0.29, 0.717) is 67.8 Å². The van der Waals surface area contributed by atoms with Crippen LogP contribution in [0.1, 0.15) is 79.0 Å². The Morgan fingerprint density at radius 3 is 1.13 bits per heavy atom. The zero-order valence-corrected chi connectivity index (χ0v) is 49.2. The Morgan fingerprint density at radius 1 is 0.382 bits per heavy atom. The Labute approximate surface area is 518 Å². The lowest BCUT2D eigenvalue weighted by atomic mass is 9.75. The Hall–Kier alpha value is -10.6. The van der Waals surface area contributed by atoms with E-state index in [0.717, 1.165) is 22.1 Å². The Kier molecular flexibility index (Phi) is 13.4. The number of hydrogen-bond donors (Lipinski definition) is 0. The summed E-state index contributed by atoms with van der Waals surface area (Å²) in [5.74, 6) is -6.82. The van der Waals surface area contributed by atoms with Crippen molar-refractivity contribution in [3.05, 3.63) is 294 Å². The molecule has 4 aliphatic rings. The van der Waals surface area contributed by atoms with Crippen LogP contribution in [0.25, 0.3) is 52.0 Å². The van der Waals surface area contributed by atoms with Crippen molar-refractivity contribution in [2.45, 2.75) is 31.8 Å². The smallest absolute Gasteiger partial charge is 0.333 e. The lowest BCUT2D eigenvalue weighted by molar-refractivity contribution is -0.167. The van der Waals surface area contributed by atoms with Crippen molar-refractivity contribution in [3.63, 3.8) is 0 Å². The normalized spacial score (nSPS) is 15.1. The molecule has 0 amide bonds. The van der Waals surface area contributed by atoms with Gasteiger partial charge in [-0.15, -0.1) is 34.0 Å². The number of carbonyl (C=O) groups is 8. The topological polar surface area (TPSA) is 173 Å². The molecule has 0 aliphatic heterocycles. The predicted octanol–water partition coefficient (Wildman–Crippen LogP) is 14.9. The van der Waals surface area contributed by atoms with Crippen LogP contribution in [0.4, 0.5) is 0 Å². The van der Waals surface area contributed by atoms with Gasteiger partial charge in [-0.25, -0.2) is 0 Å². The molecule has 12 nitrogen and oxygen atoms in total. The minimum Gasteiger partial charge on any atom is -0.459 e. The fourth-order valence-electron chi connectivity index (χ4n) is 12.5. The Morgan fingerprint density at radius 2 is 0.742 bits per heavy atom. The number of esters is 4. The first-order valence-electron chi connectivity index (χ1n) is 28.4. The first kappa shape index (κ1) is 55.0. The number of ketones is 4. The third kappa shape index (κ3) is 8.82. The van der Waals surface area contributed by atoms with Crippen molar-refractivity contribution in [2.75, 3.05) is 0 Å². The van der Waals surface area contributed by atoms with Gasteiger partial charge in [-0.1, -0.05) is 176 Å². The molecule has 0 unspecified atom stereocenters. The van der Waals surface area contributed by atoms with Crippen molar-refractivity contribution >= 4 is 133 Å². The van der Waals surface area contributed by atoms with Crippen LogP contribution in [0.5, 0.6) is 0 Å². The van der Waals surface area contributed by atoms with Gasteiger partial charge in [-0.05, 0) is 97.4 Å². The average Bonchev–Trinajstić information content (AvgIpc) is 1.49. The number of hydrogen-bond acceptors (Lipinski definition) is 15. The first-order chi connectivity index (χ1) is 43.4. The summed E-state index contributed by atoms with van der Waals surface area (Å²) in [7, 11) is 0. The summed E-state index contributed by atoms with van der Waals surface area (Å²) in [5, 5.41) is 3.03. The van der Waals surface area contributed by atoms with Crippen LogP contribution in [-0.4, -0.2) is 47.0 Å². The van der Waals surface area contributed by atoms with Crippen molar-refractivity contribution in [3.8, 4) is 0 Å². The number of allylic oxidation sites excluding steroid dienone is 4. The molecule has 11 aromatic rings. The van der Waals surface area contributed by atoms with Crippen molar-refractivity contribution in [1.29, 1.82) is 0 Å². The third-order valence-corrected chi connectivity index (χ3v) is 20.6. The van der Waals surface area contributed by atoms with E-state index in [-0.39, 0.29) is 70.3 Å². The van der Waals surface area contributed by atoms with Crippen LogP contribution in [0.2, 0.25) is 0 Å². The molecule has 0 saturated heterocycles. The number of thiophene rings is 3. The van der Waals surface area contributed by atoms with Gasteiger partial charge in [0.2, 0.25) is 10.8 Å². The zero-order chi connectivity index (χ0) is 60.7. The van der Waals surface area contributed by atoms with Gasteiger partial charge in [0.1, 0.15) is 26.4 Å². The van der Waals surface area contributed by atoms with Crippen molar-refractivity contribution in [2.24, 2.45) is 5.41 Å². The maximum absolute atomic E-state index is 16.3.